The maximum atomic E-state index is 5.84. The van der Waals surface area contributed by atoms with Crippen LogP contribution in [0.25, 0.3) is 11.4 Å². The van der Waals surface area contributed by atoms with Crippen LogP contribution in [0, 0.1) is 0 Å². The molecule has 6 nitrogen and oxygen atoms in total. The van der Waals surface area contributed by atoms with Crippen molar-refractivity contribution in [3.8, 4) is 23.0 Å². The van der Waals surface area contributed by atoms with Gasteiger partial charge in [0.2, 0.25) is 5.88 Å². The summed E-state index contributed by atoms with van der Waals surface area (Å²) >= 11 is 0. The summed E-state index contributed by atoms with van der Waals surface area (Å²) in [6.45, 7) is 4.59. The number of rotatable bonds is 6. The molecule has 0 saturated carbocycles. The molecule has 0 aliphatic heterocycles. The van der Waals surface area contributed by atoms with Crippen LogP contribution < -0.4 is 9.47 Å². The van der Waals surface area contributed by atoms with Crippen molar-refractivity contribution in [1.82, 2.24) is 19.7 Å². The third-order valence-corrected chi connectivity index (χ3v) is 3.61. The van der Waals surface area contributed by atoms with Crippen molar-refractivity contribution in [2.24, 2.45) is 0 Å². The van der Waals surface area contributed by atoms with E-state index in [0.29, 0.717) is 18.2 Å². The molecule has 0 spiro atoms. The first kappa shape index (κ1) is 16.0. The van der Waals surface area contributed by atoms with Crippen LogP contribution >= 0.6 is 0 Å². The molecule has 0 aliphatic carbocycles. The molecule has 0 bridgehead atoms. The Labute approximate surface area is 141 Å². The fourth-order valence-corrected chi connectivity index (χ4v) is 2.43. The van der Waals surface area contributed by atoms with Crippen LogP contribution in [-0.2, 0) is 6.61 Å². The molecule has 0 saturated heterocycles. The van der Waals surface area contributed by atoms with Crippen molar-refractivity contribution >= 4 is 0 Å². The second kappa shape index (κ2) is 7.12. The summed E-state index contributed by atoms with van der Waals surface area (Å²) in [7, 11) is 1.59. The maximum absolute atomic E-state index is 5.84. The van der Waals surface area contributed by atoms with Crippen LogP contribution in [-0.4, -0.2) is 26.9 Å². The van der Waals surface area contributed by atoms with Gasteiger partial charge in [-0.15, -0.1) is 0 Å². The zero-order valence-corrected chi connectivity index (χ0v) is 14.0. The molecule has 0 unspecified atom stereocenters. The summed E-state index contributed by atoms with van der Waals surface area (Å²) in [5.41, 5.74) is 2.86. The Balaban J connectivity index is 1.82. The van der Waals surface area contributed by atoms with Crippen LogP contribution in [0.3, 0.4) is 0 Å². The lowest BCUT2D eigenvalue weighted by Crippen LogP contribution is -2.07. The molecule has 0 atom stereocenters. The molecular formula is C18H20N4O2. The van der Waals surface area contributed by atoms with Crippen molar-refractivity contribution in [1.29, 1.82) is 0 Å². The smallest absolute Gasteiger partial charge is 0.213 e. The standard InChI is InChI=1S/C18H20N4O2/c1-13(2)22-16(8-10-21-22)18-14(5-4-9-19-18)12-24-15-6-7-17(23-3)20-11-15/h4-11,13H,12H2,1-3H3. The van der Waals surface area contributed by atoms with Gasteiger partial charge in [-0.3, -0.25) is 9.67 Å². The minimum Gasteiger partial charge on any atom is -0.487 e. The van der Waals surface area contributed by atoms with Crippen LogP contribution in [0.4, 0.5) is 0 Å². The Hall–Kier alpha value is -2.89. The molecule has 124 valence electrons. The van der Waals surface area contributed by atoms with E-state index in [0.717, 1.165) is 17.0 Å². The summed E-state index contributed by atoms with van der Waals surface area (Å²) in [5.74, 6) is 1.24. The molecule has 3 aromatic heterocycles. The number of hydrogen-bond donors (Lipinski definition) is 0. The van der Waals surface area contributed by atoms with E-state index in [9.17, 15) is 0 Å². The van der Waals surface area contributed by atoms with Gasteiger partial charge in [0, 0.05) is 30.1 Å². The minimum absolute atomic E-state index is 0.261. The maximum Gasteiger partial charge on any atom is 0.213 e. The number of nitrogens with zero attached hydrogens (tertiary/aromatic N) is 4. The molecule has 0 radical (unpaired) electrons. The van der Waals surface area contributed by atoms with Crippen molar-refractivity contribution in [3.63, 3.8) is 0 Å². The summed E-state index contributed by atoms with van der Waals surface area (Å²) in [6.07, 6.45) is 5.22. The predicted molar refractivity (Wildman–Crippen MR) is 91.0 cm³/mol. The number of aromatic nitrogens is 4. The highest BCUT2D eigenvalue weighted by molar-refractivity contribution is 5.58. The van der Waals surface area contributed by atoms with Crippen LogP contribution in [0.2, 0.25) is 0 Å². The Kier molecular flexibility index (Phi) is 4.74. The summed E-state index contributed by atoms with van der Waals surface area (Å²) in [6, 6.07) is 9.76. The van der Waals surface area contributed by atoms with Gasteiger partial charge >= 0.3 is 0 Å². The monoisotopic (exact) mass is 324 g/mol. The van der Waals surface area contributed by atoms with Crippen LogP contribution in [0.5, 0.6) is 11.6 Å². The van der Waals surface area contributed by atoms with Crippen molar-refractivity contribution < 1.29 is 9.47 Å². The van der Waals surface area contributed by atoms with Gasteiger partial charge in [-0.2, -0.15) is 5.10 Å². The van der Waals surface area contributed by atoms with E-state index in [-0.39, 0.29) is 6.04 Å². The van der Waals surface area contributed by atoms with Crippen molar-refractivity contribution in [2.75, 3.05) is 7.11 Å². The molecule has 0 aromatic carbocycles. The molecule has 0 amide bonds. The lowest BCUT2D eigenvalue weighted by Gasteiger charge is -2.14. The van der Waals surface area contributed by atoms with Gasteiger partial charge in [-0.25, -0.2) is 4.98 Å². The first-order chi connectivity index (χ1) is 11.7. The zero-order chi connectivity index (χ0) is 16.9. The van der Waals surface area contributed by atoms with E-state index >= 15 is 0 Å². The fourth-order valence-electron chi connectivity index (χ4n) is 2.43. The number of methoxy groups -OCH3 is 1. The molecule has 3 rings (SSSR count). The SMILES string of the molecule is COc1ccc(OCc2cccnc2-c2ccnn2C(C)C)cn1. The molecule has 24 heavy (non-hydrogen) atoms. The summed E-state index contributed by atoms with van der Waals surface area (Å²) < 4.78 is 12.9. The lowest BCUT2D eigenvalue weighted by atomic mass is 10.1. The predicted octanol–water partition coefficient (Wildman–Crippen LogP) is 3.51. The lowest BCUT2D eigenvalue weighted by molar-refractivity contribution is 0.303. The van der Waals surface area contributed by atoms with E-state index in [1.807, 2.05) is 28.9 Å². The van der Waals surface area contributed by atoms with Crippen molar-refractivity contribution in [3.05, 3.63) is 54.5 Å². The third-order valence-electron chi connectivity index (χ3n) is 3.61. The quantitative estimate of drug-likeness (QED) is 0.694. The van der Waals surface area contributed by atoms with Gasteiger partial charge in [-0.1, -0.05) is 6.07 Å². The Morgan fingerprint density at radius 1 is 1.08 bits per heavy atom. The van der Waals surface area contributed by atoms with Gasteiger partial charge < -0.3 is 9.47 Å². The number of hydrogen-bond acceptors (Lipinski definition) is 5. The van der Waals surface area contributed by atoms with Gasteiger partial charge in [0.15, 0.2) is 0 Å². The minimum atomic E-state index is 0.261. The van der Waals surface area contributed by atoms with Crippen molar-refractivity contribution in [2.45, 2.75) is 26.5 Å². The second-order valence-electron chi connectivity index (χ2n) is 5.59. The van der Waals surface area contributed by atoms with Crippen LogP contribution in [0.15, 0.2) is 48.9 Å². The van der Waals surface area contributed by atoms with E-state index in [1.165, 1.54) is 0 Å². The van der Waals surface area contributed by atoms with Gasteiger partial charge in [0.25, 0.3) is 0 Å². The fraction of sp³-hybridized carbons (Fsp3) is 0.278. The average Bonchev–Trinajstić information content (AvgIpc) is 3.10. The molecule has 0 N–H and O–H groups in total. The molecule has 0 aliphatic rings. The number of ether oxygens (including phenoxy) is 2. The van der Waals surface area contributed by atoms with E-state index in [4.69, 9.17) is 9.47 Å². The van der Waals surface area contributed by atoms with Gasteiger partial charge in [0.1, 0.15) is 12.4 Å². The molecule has 6 heteroatoms. The normalized spacial score (nSPS) is 10.8. The van der Waals surface area contributed by atoms with E-state index < -0.39 is 0 Å². The largest absolute Gasteiger partial charge is 0.487 e. The second-order valence-corrected chi connectivity index (χ2v) is 5.59. The Bertz CT molecular complexity index is 797. The van der Waals surface area contributed by atoms with Crippen LogP contribution in [0.1, 0.15) is 25.5 Å². The van der Waals surface area contributed by atoms with Gasteiger partial charge in [0.05, 0.1) is 24.7 Å². The molecular weight excluding hydrogens is 304 g/mol. The highest BCUT2D eigenvalue weighted by Crippen LogP contribution is 2.25. The summed E-state index contributed by atoms with van der Waals surface area (Å²) in [5, 5.41) is 4.38. The molecule has 0 fully saturated rings. The molecule has 3 aromatic rings. The van der Waals surface area contributed by atoms with E-state index in [1.54, 1.807) is 31.8 Å². The highest BCUT2D eigenvalue weighted by atomic mass is 16.5. The van der Waals surface area contributed by atoms with E-state index in [2.05, 4.69) is 28.9 Å². The Morgan fingerprint density at radius 3 is 2.67 bits per heavy atom. The first-order valence-electron chi connectivity index (χ1n) is 7.79. The summed E-state index contributed by atoms with van der Waals surface area (Å²) in [4.78, 5) is 8.67. The zero-order valence-electron chi connectivity index (χ0n) is 14.0. The topological polar surface area (TPSA) is 62.1 Å². The average molecular weight is 324 g/mol. The molecule has 3 heterocycles. The number of pyridine rings is 2. The first-order valence-corrected chi connectivity index (χ1v) is 7.79. The Morgan fingerprint density at radius 2 is 1.96 bits per heavy atom. The van der Waals surface area contributed by atoms with Gasteiger partial charge in [-0.05, 0) is 32.0 Å². The highest BCUT2D eigenvalue weighted by Gasteiger charge is 2.13. The third kappa shape index (κ3) is 3.37.